The van der Waals surface area contributed by atoms with E-state index in [9.17, 15) is 18.8 Å². The van der Waals surface area contributed by atoms with Gasteiger partial charge < -0.3 is 38.6 Å². The van der Waals surface area contributed by atoms with Crippen LogP contribution in [0.2, 0.25) is 0 Å². The molecule has 0 aromatic heterocycles. The second kappa shape index (κ2) is 28.3. The molecule has 59 heavy (non-hydrogen) atoms. The van der Waals surface area contributed by atoms with Crippen molar-refractivity contribution >= 4 is 68.6 Å². The monoisotopic (exact) mass is 925 g/mol. The highest BCUT2D eigenvalue weighted by Gasteiger charge is 2.47. The number of aliphatic hydroxyl groups excluding tert-OH is 1. The number of ether oxygens (including phenoxy) is 4. The number of methoxy groups -OCH3 is 1. The number of aliphatic hydroxyl groups is 1. The summed E-state index contributed by atoms with van der Waals surface area (Å²) in [6, 6.07) is -2.71. The maximum atomic E-state index is 14.1. The molecular weight excluding hydrogens is 876 g/mol. The quantitative estimate of drug-likeness (QED) is 0.0333. The van der Waals surface area contributed by atoms with Crippen LogP contribution < -0.4 is 0 Å². The van der Waals surface area contributed by atoms with Gasteiger partial charge >= 0.3 is 23.5 Å². The zero-order valence-electron chi connectivity index (χ0n) is 32.6. The molecule has 1 N–H and O–H groups in total. The number of phosphoric ester groups is 3. The van der Waals surface area contributed by atoms with E-state index in [1.165, 1.54) is 0 Å². The van der Waals surface area contributed by atoms with Gasteiger partial charge in [-0.2, -0.15) is 0 Å². The maximum Gasteiger partial charge on any atom is 0.475 e. The van der Waals surface area contributed by atoms with Crippen molar-refractivity contribution < 1.29 is 78.5 Å². The van der Waals surface area contributed by atoms with Gasteiger partial charge in [0.05, 0.1) is 44.7 Å². The molecule has 6 radical (unpaired) electrons. The molecule has 0 spiro atoms. The van der Waals surface area contributed by atoms with Crippen molar-refractivity contribution in [2.45, 2.75) is 86.7 Å². The minimum Gasteiger partial charge on any atom is -0.394 e. The topological polar surface area (TPSA) is 205 Å². The smallest absolute Gasteiger partial charge is 0.394 e. The molecule has 0 saturated carbocycles. The third kappa shape index (κ3) is 19.8. The molecule has 3 aliphatic heterocycles. The summed E-state index contributed by atoms with van der Waals surface area (Å²) in [5.74, 6) is 1.60. The first-order chi connectivity index (χ1) is 28.3. The minimum absolute atomic E-state index is 0.00798. The van der Waals surface area contributed by atoms with E-state index in [1.54, 1.807) is 28.7 Å². The fourth-order valence-electron chi connectivity index (χ4n) is 5.42. The van der Waals surface area contributed by atoms with Crippen molar-refractivity contribution in [3.05, 3.63) is 34.3 Å². The van der Waals surface area contributed by atoms with E-state index >= 15 is 0 Å². The summed E-state index contributed by atoms with van der Waals surface area (Å²) >= 11 is 0. The van der Waals surface area contributed by atoms with E-state index in [1.807, 2.05) is 0 Å². The van der Waals surface area contributed by atoms with Crippen molar-refractivity contribution in [2.24, 2.45) is 0 Å². The van der Waals surface area contributed by atoms with Gasteiger partial charge in [-0.05, 0) is 32.1 Å². The molecule has 0 amide bonds. The second-order valence-electron chi connectivity index (χ2n) is 12.7. The molecule has 3 heterocycles. The molecule has 3 rings (SSSR count). The van der Waals surface area contributed by atoms with Crippen LogP contribution in [-0.4, -0.2) is 174 Å². The van der Waals surface area contributed by atoms with Crippen molar-refractivity contribution in [1.29, 1.82) is 0 Å². The van der Waals surface area contributed by atoms with Gasteiger partial charge in [0.15, 0.2) is 0 Å². The van der Waals surface area contributed by atoms with Gasteiger partial charge in [0, 0.05) is 43.2 Å². The summed E-state index contributed by atoms with van der Waals surface area (Å²) in [4.78, 5) is 9.58. The SMILES string of the molecule is [B][C@H]1CC(OP(=O)(OCC[N+]#[C-])OC[C@H]2O[C@@H]([B])CC2OP(=O)(OCC[N+]#[C-])OC[C@H]2O[C@@H]([B])CC2OP(=O)(OCCCSSCCCOC)OCC[N+]#[C-])[C@@H](CO)O1. The molecule has 3 aliphatic rings. The molecule has 0 aromatic rings. The normalized spacial score (nSPS) is 29.8. The zero-order valence-corrected chi connectivity index (χ0v) is 37.0. The Hall–Kier alpha value is -0.505. The van der Waals surface area contributed by atoms with Crippen LogP contribution in [0.4, 0.5) is 0 Å². The first kappa shape index (κ1) is 52.8. The predicted octanol–water partition coefficient (Wildman–Crippen LogP) is 3.97. The summed E-state index contributed by atoms with van der Waals surface area (Å²) in [5.41, 5.74) is 0. The number of hydrogen-bond donors (Lipinski definition) is 1. The van der Waals surface area contributed by atoms with Gasteiger partial charge in [-0.15, -0.1) is 0 Å². The Kier molecular flexibility index (Phi) is 25.4. The molecule has 28 heteroatoms. The fraction of sp³-hybridized carbons (Fsp3) is 0.903. The Bertz CT molecular complexity index is 1520. The van der Waals surface area contributed by atoms with Gasteiger partial charge in [-0.25, -0.2) is 33.4 Å². The van der Waals surface area contributed by atoms with E-state index < -0.39 is 97.9 Å². The highest BCUT2D eigenvalue weighted by molar-refractivity contribution is 8.76. The standard InChI is InChI=1S/C31H49B3N3O17P3S2/c1-35-7-12-44-55(39,43-11-6-16-59-58-15-5-10-42-4)53-24-18-30(33)50-27(24)21-48-57(41,46-14-9-37-3)54-25-19-31(34)51-28(25)22-47-56(40,45-13-8-36-2)52-23-17-29(32)49-26(23)20-38/h23-31,38H,5-22H2,4H3/t23?,24?,25?,26-,27-,28-,29-,30-,31-,55?,56?,57?/m1/s1. The fourth-order valence-corrected chi connectivity index (χ4v) is 11.7. The Morgan fingerprint density at radius 1 is 0.593 bits per heavy atom. The lowest BCUT2D eigenvalue weighted by atomic mass is 9.96. The lowest BCUT2D eigenvalue weighted by Crippen LogP contribution is -2.32. The van der Waals surface area contributed by atoms with E-state index in [2.05, 4.69) is 14.5 Å². The summed E-state index contributed by atoms with van der Waals surface area (Å²) in [6.07, 6.45) is -4.96. The van der Waals surface area contributed by atoms with Crippen molar-refractivity contribution in [2.75, 3.05) is 91.1 Å². The van der Waals surface area contributed by atoms with Crippen molar-refractivity contribution in [1.82, 2.24) is 0 Å². The number of phosphoric acid groups is 3. The van der Waals surface area contributed by atoms with Gasteiger partial charge in [0.1, 0.15) is 61.7 Å². The Morgan fingerprint density at radius 3 is 1.34 bits per heavy atom. The Balaban J connectivity index is 1.67. The third-order valence-electron chi connectivity index (χ3n) is 8.09. The number of hydrogen-bond acceptors (Lipinski definition) is 19. The first-order valence-electron chi connectivity index (χ1n) is 18.6. The van der Waals surface area contributed by atoms with Crippen LogP contribution in [0, 0.1) is 19.7 Å². The van der Waals surface area contributed by atoms with Gasteiger partial charge in [0.2, 0.25) is 19.6 Å². The van der Waals surface area contributed by atoms with Crippen LogP contribution in [0.5, 0.6) is 0 Å². The molecule has 3 fully saturated rings. The Morgan fingerprint density at radius 2 is 0.949 bits per heavy atom. The van der Waals surface area contributed by atoms with Crippen LogP contribution in [0.15, 0.2) is 0 Å². The van der Waals surface area contributed by atoms with Crippen LogP contribution in [-0.2, 0) is 73.4 Å². The molecule has 12 atom stereocenters. The Labute approximate surface area is 357 Å². The lowest BCUT2D eigenvalue weighted by molar-refractivity contribution is -0.0382. The number of nitrogens with zero attached hydrogens (tertiary/aromatic N) is 3. The van der Waals surface area contributed by atoms with Gasteiger partial charge in [-0.1, -0.05) is 21.6 Å². The van der Waals surface area contributed by atoms with E-state index in [0.29, 0.717) is 18.8 Å². The predicted molar refractivity (Wildman–Crippen MR) is 218 cm³/mol. The van der Waals surface area contributed by atoms with Crippen LogP contribution in [0.25, 0.3) is 14.5 Å². The third-order valence-corrected chi connectivity index (χ3v) is 15.2. The summed E-state index contributed by atoms with van der Waals surface area (Å²) in [5, 5.41) is 9.68. The highest BCUT2D eigenvalue weighted by atomic mass is 33.1. The summed E-state index contributed by atoms with van der Waals surface area (Å²) in [7, 11) is 9.54. The molecular formula is C31H49B3N3O17P3S2. The van der Waals surface area contributed by atoms with Crippen LogP contribution in [0.3, 0.4) is 0 Å². The maximum absolute atomic E-state index is 14.1. The minimum atomic E-state index is -4.61. The van der Waals surface area contributed by atoms with Crippen LogP contribution >= 0.6 is 45.1 Å². The van der Waals surface area contributed by atoms with Crippen molar-refractivity contribution in [3.8, 4) is 0 Å². The highest BCUT2D eigenvalue weighted by Crippen LogP contribution is 2.56. The van der Waals surface area contributed by atoms with Gasteiger partial charge in [-0.3, -0.25) is 40.7 Å². The summed E-state index contributed by atoms with van der Waals surface area (Å²) in [6.45, 7) is 18.9. The average molecular weight is 925 g/mol. The first-order valence-corrected chi connectivity index (χ1v) is 25.5. The lowest BCUT2D eigenvalue weighted by Gasteiger charge is -2.28. The van der Waals surface area contributed by atoms with E-state index in [4.69, 9.17) is 103 Å². The van der Waals surface area contributed by atoms with E-state index in [-0.39, 0.29) is 65.3 Å². The summed E-state index contributed by atoms with van der Waals surface area (Å²) < 4.78 is 114. The molecule has 0 aliphatic carbocycles. The van der Waals surface area contributed by atoms with Crippen LogP contribution in [0.1, 0.15) is 32.1 Å². The average Bonchev–Trinajstić information content (AvgIpc) is 3.85. The molecule has 6 unspecified atom stereocenters. The largest absolute Gasteiger partial charge is 0.475 e. The molecule has 326 valence electrons. The van der Waals surface area contributed by atoms with Crippen molar-refractivity contribution in [3.63, 3.8) is 0 Å². The molecule has 0 bridgehead atoms. The molecule has 20 nitrogen and oxygen atoms in total. The van der Waals surface area contributed by atoms with Gasteiger partial charge in [0.25, 0.3) is 0 Å². The number of rotatable bonds is 32. The zero-order chi connectivity index (χ0) is 43.2. The molecule has 0 aromatic carbocycles. The van der Waals surface area contributed by atoms with E-state index in [0.717, 1.165) is 12.2 Å². The molecule has 3 saturated heterocycles. The second-order valence-corrected chi connectivity index (χ2v) is 20.3.